The largest absolute Gasteiger partial charge is 0.494 e. The van der Waals surface area contributed by atoms with Crippen molar-refractivity contribution in [1.29, 1.82) is 0 Å². The normalized spacial score (nSPS) is 24.5. The lowest BCUT2D eigenvalue weighted by Crippen LogP contribution is -2.51. The predicted octanol–water partition coefficient (Wildman–Crippen LogP) is 2.90. The SMILES string of the molecule is CCOc1ccc(CN2CCN(CC(=O)NC3CCCCC3C)CC2)cc1. The van der Waals surface area contributed by atoms with Crippen LogP contribution >= 0.6 is 0 Å². The molecule has 1 aliphatic carbocycles. The van der Waals surface area contributed by atoms with Gasteiger partial charge in [-0.15, -0.1) is 0 Å². The lowest BCUT2D eigenvalue weighted by Gasteiger charge is -2.35. The van der Waals surface area contributed by atoms with Gasteiger partial charge < -0.3 is 10.1 Å². The Hall–Kier alpha value is -1.59. The Bertz CT molecular complexity index is 582. The summed E-state index contributed by atoms with van der Waals surface area (Å²) in [4.78, 5) is 17.2. The summed E-state index contributed by atoms with van der Waals surface area (Å²) >= 11 is 0. The molecule has 1 saturated carbocycles. The topological polar surface area (TPSA) is 44.8 Å². The van der Waals surface area contributed by atoms with Crippen LogP contribution in [0.1, 0.15) is 45.1 Å². The summed E-state index contributed by atoms with van der Waals surface area (Å²) in [5, 5.41) is 3.28. The number of carbonyl (C=O) groups excluding carboxylic acids is 1. The molecular formula is C22H35N3O2. The van der Waals surface area contributed by atoms with Gasteiger partial charge in [-0.2, -0.15) is 0 Å². The minimum absolute atomic E-state index is 0.203. The second-order valence-electron chi connectivity index (χ2n) is 8.07. The molecule has 2 atom stereocenters. The zero-order valence-corrected chi connectivity index (χ0v) is 17.0. The van der Waals surface area contributed by atoms with Gasteiger partial charge in [-0.25, -0.2) is 0 Å². The Kier molecular flexibility index (Phi) is 7.53. The van der Waals surface area contributed by atoms with Crippen LogP contribution in [-0.2, 0) is 11.3 Å². The van der Waals surface area contributed by atoms with E-state index in [0.29, 0.717) is 25.1 Å². The number of amides is 1. The molecule has 0 radical (unpaired) electrons. The molecule has 150 valence electrons. The van der Waals surface area contributed by atoms with Gasteiger partial charge in [-0.3, -0.25) is 14.6 Å². The molecule has 1 heterocycles. The lowest BCUT2D eigenvalue weighted by atomic mass is 9.86. The first-order valence-electron chi connectivity index (χ1n) is 10.6. The fraction of sp³-hybridized carbons (Fsp3) is 0.682. The highest BCUT2D eigenvalue weighted by Crippen LogP contribution is 2.23. The van der Waals surface area contributed by atoms with Crippen LogP contribution in [0.5, 0.6) is 5.75 Å². The Labute approximate surface area is 164 Å². The summed E-state index contributed by atoms with van der Waals surface area (Å²) in [5.74, 6) is 1.76. The number of nitrogens with one attached hydrogen (secondary N) is 1. The highest BCUT2D eigenvalue weighted by atomic mass is 16.5. The Morgan fingerprint density at radius 1 is 1.07 bits per heavy atom. The summed E-state index contributed by atoms with van der Waals surface area (Å²) in [7, 11) is 0. The third-order valence-corrected chi connectivity index (χ3v) is 5.93. The van der Waals surface area contributed by atoms with Crippen LogP contribution in [0.3, 0.4) is 0 Å². The molecule has 0 spiro atoms. The summed E-state index contributed by atoms with van der Waals surface area (Å²) in [6.45, 7) is 10.4. The van der Waals surface area contributed by atoms with Gasteiger partial charge in [-0.05, 0) is 43.4 Å². The molecule has 27 heavy (non-hydrogen) atoms. The van der Waals surface area contributed by atoms with Crippen molar-refractivity contribution < 1.29 is 9.53 Å². The Balaban J connectivity index is 1.37. The van der Waals surface area contributed by atoms with Gasteiger partial charge in [0.05, 0.1) is 13.2 Å². The zero-order valence-electron chi connectivity index (χ0n) is 17.0. The molecule has 2 fully saturated rings. The van der Waals surface area contributed by atoms with Crippen LogP contribution in [0.15, 0.2) is 24.3 Å². The van der Waals surface area contributed by atoms with Gasteiger partial charge in [0, 0.05) is 38.8 Å². The van der Waals surface area contributed by atoms with Crippen molar-refractivity contribution in [1.82, 2.24) is 15.1 Å². The number of piperazine rings is 1. The molecule has 3 rings (SSSR count). The summed E-state index contributed by atoms with van der Waals surface area (Å²) in [5.41, 5.74) is 1.32. The van der Waals surface area contributed by atoms with Crippen molar-refractivity contribution in [3.8, 4) is 5.75 Å². The maximum absolute atomic E-state index is 12.4. The fourth-order valence-electron chi connectivity index (χ4n) is 4.21. The molecule has 1 aliphatic heterocycles. The molecule has 1 N–H and O–H groups in total. The predicted molar refractivity (Wildman–Crippen MR) is 109 cm³/mol. The average Bonchev–Trinajstić information content (AvgIpc) is 2.67. The van der Waals surface area contributed by atoms with Gasteiger partial charge in [0.15, 0.2) is 0 Å². The highest BCUT2D eigenvalue weighted by molar-refractivity contribution is 5.78. The molecule has 1 amide bonds. The summed E-state index contributed by atoms with van der Waals surface area (Å²) in [6, 6.07) is 8.77. The van der Waals surface area contributed by atoms with Crippen molar-refractivity contribution in [3.63, 3.8) is 0 Å². The zero-order chi connectivity index (χ0) is 19.1. The van der Waals surface area contributed by atoms with Crippen molar-refractivity contribution in [2.24, 2.45) is 5.92 Å². The van der Waals surface area contributed by atoms with Crippen LogP contribution in [0.4, 0.5) is 0 Å². The smallest absolute Gasteiger partial charge is 0.234 e. The number of hydrogen-bond donors (Lipinski definition) is 1. The molecule has 5 nitrogen and oxygen atoms in total. The molecule has 5 heteroatoms. The molecule has 0 bridgehead atoms. The van der Waals surface area contributed by atoms with E-state index >= 15 is 0 Å². The van der Waals surface area contributed by atoms with Crippen LogP contribution in [0, 0.1) is 5.92 Å². The number of nitrogens with zero attached hydrogens (tertiary/aromatic N) is 2. The van der Waals surface area contributed by atoms with Crippen molar-refractivity contribution in [2.75, 3.05) is 39.3 Å². The first-order valence-corrected chi connectivity index (χ1v) is 10.6. The van der Waals surface area contributed by atoms with Crippen molar-refractivity contribution in [2.45, 2.75) is 52.1 Å². The highest BCUT2D eigenvalue weighted by Gasteiger charge is 2.24. The van der Waals surface area contributed by atoms with Gasteiger partial charge in [0.1, 0.15) is 5.75 Å². The third-order valence-electron chi connectivity index (χ3n) is 5.93. The van der Waals surface area contributed by atoms with E-state index in [1.807, 2.05) is 19.1 Å². The molecule has 1 aromatic carbocycles. The van der Waals surface area contributed by atoms with Crippen LogP contribution in [-0.4, -0.2) is 61.1 Å². The maximum Gasteiger partial charge on any atom is 0.234 e. The first-order chi connectivity index (χ1) is 13.1. The molecule has 0 aromatic heterocycles. The fourth-order valence-corrected chi connectivity index (χ4v) is 4.21. The van der Waals surface area contributed by atoms with Crippen LogP contribution in [0.2, 0.25) is 0 Å². The summed E-state index contributed by atoms with van der Waals surface area (Å²) in [6.07, 6.45) is 4.95. The van der Waals surface area contributed by atoms with E-state index in [-0.39, 0.29) is 5.91 Å². The first kappa shape index (κ1) is 20.2. The molecule has 2 unspecified atom stereocenters. The van der Waals surface area contributed by atoms with E-state index in [1.165, 1.54) is 24.8 Å². The Morgan fingerprint density at radius 2 is 1.74 bits per heavy atom. The molecule has 1 aromatic rings. The van der Waals surface area contributed by atoms with E-state index in [4.69, 9.17) is 4.74 Å². The second-order valence-corrected chi connectivity index (χ2v) is 8.07. The van der Waals surface area contributed by atoms with Gasteiger partial charge in [0.2, 0.25) is 5.91 Å². The number of hydrogen-bond acceptors (Lipinski definition) is 4. The maximum atomic E-state index is 12.4. The minimum Gasteiger partial charge on any atom is -0.494 e. The molecular weight excluding hydrogens is 338 g/mol. The van der Waals surface area contributed by atoms with E-state index in [1.54, 1.807) is 0 Å². The van der Waals surface area contributed by atoms with E-state index in [2.05, 4.69) is 34.2 Å². The third kappa shape index (κ3) is 6.22. The molecule has 2 aliphatic rings. The Morgan fingerprint density at radius 3 is 2.41 bits per heavy atom. The molecule has 1 saturated heterocycles. The van der Waals surface area contributed by atoms with Gasteiger partial charge in [-0.1, -0.05) is 31.9 Å². The lowest BCUT2D eigenvalue weighted by molar-refractivity contribution is -0.124. The van der Waals surface area contributed by atoms with E-state index < -0.39 is 0 Å². The number of rotatable bonds is 7. The van der Waals surface area contributed by atoms with Gasteiger partial charge >= 0.3 is 0 Å². The summed E-state index contributed by atoms with van der Waals surface area (Å²) < 4.78 is 5.50. The van der Waals surface area contributed by atoms with E-state index in [9.17, 15) is 4.79 Å². The van der Waals surface area contributed by atoms with Gasteiger partial charge in [0.25, 0.3) is 0 Å². The number of carbonyl (C=O) groups is 1. The van der Waals surface area contributed by atoms with Crippen molar-refractivity contribution in [3.05, 3.63) is 29.8 Å². The quantitative estimate of drug-likeness (QED) is 0.798. The minimum atomic E-state index is 0.203. The van der Waals surface area contributed by atoms with Crippen LogP contribution in [0.25, 0.3) is 0 Å². The standard InChI is InChI=1S/C22H35N3O2/c1-3-27-20-10-8-19(9-11-20)16-24-12-14-25(15-13-24)17-22(26)23-21-7-5-4-6-18(21)2/h8-11,18,21H,3-7,12-17H2,1-2H3,(H,23,26). The number of ether oxygens (including phenoxy) is 1. The average molecular weight is 374 g/mol. The second kappa shape index (κ2) is 10.1. The number of benzene rings is 1. The monoisotopic (exact) mass is 373 g/mol. The van der Waals surface area contributed by atoms with Crippen LogP contribution < -0.4 is 10.1 Å². The van der Waals surface area contributed by atoms with Crippen molar-refractivity contribution >= 4 is 5.91 Å². The van der Waals surface area contributed by atoms with E-state index in [0.717, 1.165) is 44.9 Å².